The lowest BCUT2D eigenvalue weighted by Crippen LogP contribution is -2.05. The van der Waals surface area contributed by atoms with Gasteiger partial charge in [-0.2, -0.15) is 0 Å². The molecular formula is C18H20N2. The monoisotopic (exact) mass is 264 g/mol. The van der Waals surface area contributed by atoms with E-state index in [1.54, 1.807) is 0 Å². The van der Waals surface area contributed by atoms with Gasteiger partial charge in [-0.3, -0.25) is 0 Å². The number of aromatic nitrogens is 1. The van der Waals surface area contributed by atoms with E-state index in [1.165, 1.54) is 27.6 Å². The second-order valence-electron chi connectivity index (χ2n) is 5.36. The second kappa shape index (κ2) is 5.51. The number of aryl methyl sites for hydroxylation is 1. The van der Waals surface area contributed by atoms with Crippen molar-refractivity contribution in [2.24, 2.45) is 0 Å². The van der Waals surface area contributed by atoms with Gasteiger partial charge in [0.05, 0.1) is 0 Å². The first kappa shape index (κ1) is 12.9. The van der Waals surface area contributed by atoms with Gasteiger partial charge in [-0.15, -0.1) is 0 Å². The van der Waals surface area contributed by atoms with Crippen LogP contribution >= 0.6 is 0 Å². The first-order valence-corrected chi connectivity index (χ1v) is 7.04. The molecule has 0 aliphatic heterocycles. The summed E-state index contributed by atoms with van der Waals surface area (Å²) in [5.41, 5.74) is 5.29. The van der Waals surface area contributed by atoms with Crippen molar-refractivity contribution in [3.63, 3.8) is 0 Å². The average molecular weight is 264 g/mol. The summed E-state index contributed by atoms with van der Waals surface area (Å²) in [4.78, 5) is 0. The lowest BCUT2D eigenvalue weighted by atomic mass is 10.1. The zero-order chi connectivity index (χ0) is 13.9. The van der Waals surface area contributed by atoms with Crippen LogP contribution in [0.1, 0.15) is 16.7 Å². The van der Waals surface area contributed by atoms with Crippen molar-refractivity contribution >= 4 is 10.9 Å². The van der Waals surface area contributed by atoms with Crippen LogP contribution in [0.2, 0.25) is 0 Å². The highest BCUT2D eigenvalue weighted by molar-refractivity contribution is 5.81. The van der Waals surface area contributed by atoms with Crippen LogP contribution < -0.4 is 5.32 Å². The van der Waals surface area contributed by atoms with Gasteiger partial charge >= 0.3 is 0 Å². The van der Waals surface area contributed by atoms with Crippen molar-refractivity contribution in [3.8, 4) is 0 Å². The summed E-state index contributed by atoms with van der Waals surface area (Å²) in [5.74, 6) is 0. The number of benzene rings is 2. The van der Waals surface area contributed by atoms with Gasteiger partial charge in [0, 0.05) is 24.8 Å². The first-order chi connectivity index (χ1) is 9.76. The second-order valence-corrected chi connectivity index (χ2v) is 5.36. The average Bonchev–Trinajstić information content (AvgIpc) is 2.82. The molecule has 0 saturated carbocycles. The zero-order valence-electron chi connectivity index (χ0n) is 12.1. The first-order valence-electron chi connectivity index (χ1n) is 7.04. The molecule has 1 heterocycles. The molecule has 1 aromatic heterocycles. The topological polar surface area (TPSA) is 17.0 Å². The highest BCUT2D eigenvalue weighted by Gasteiger charge is 2.03. The van der Waals surface area contributed by atoms with Gasteiger partial charge in [0.25, 0.3) is 0 Å². The molecule has 102 valence electrons. The number of nitrogens with zero attached hydrogens (tertiary/aromatic N) is 1. The number of hydrogen-bond acceptors (Lipinski definition) is 1. The molecule has 0 saturated heterocycles. The number of fused-ring (bicyclic) bond motifs is 1. The molecule has 20 heavy (non-hydrogen) atoms. The van der Waals surface area contributed by atoms with Gasteiger partial charge in [-0.25, -0.2) is 0 Å². The molecule has 0 amide bonds. The third-order valence-corrected chi connectivity index (χ3v) is 3.65. The van der Waals surface area contributed by atoms with Crippen molar-refractivity contribution in [3.05, 3.63) is 71.4 Å². The fourth-order valence-corrected chi connectivity index (χ4v) is 2.69. The molecular weight excluding hydrogens is 244 g/mol. The summed E-state index contributed by atoms with van der Waals surface area (Å²) < 4.78 is 2.32. The van der Waals surface area contributed by atoms with E-state index in [4.69, 9.17) is 0 Å². The molecule has 2 heteroatoms. The number of rotatable bonds is 4. The van der Waals surface area contributed by atoms with Crippen LogP contribution in [0.15, 0.2) is 54.7 Å². The van der Waals surface area contributed by atoms with E-state index in [9.17, 15) is 0 Å². The third kappa shape index (κ3) is 2.61. The van der Waals surface area contributed by atoms with E-state index in [-0.39, 0.29) is 0 Å². The van der Waals surface area contributed by atoms with Gasteiger partial charge in [0.1, 0.15) is 0 Å². The van der Waals surface area contributed by atoms with Crippen molar-refractivity contribution in [2.45, 2.75) is 20.0 Å². The van der Waals surface area contributed by atoms with E-state index in [1.807, 2.05) is 7.05 Å². The molecule has 0 fully saturated rings. The molecule has 3 aromatic rings. The zero-order valence-corrected chi connectivity index (χ0v) is 12.1. The van der Waals surface area contributed by atoms with Crippen molar-refractivity contribution in [2.75, 3.05) is 7.05 Å². The van der Waals surface area contributed by atoms with E-state index < -0.39 is 0 Å². The van der Waals surface area contributed by atoms with Crippen LogP contribution in [0.4, 0.5) is 0 Å². The highest BCUT2D eigenvalue weighted by atomic mass is 14.9. The maximum absolute atomic E-state index is 3.21. The van der Waals surface area contributed by atoms with Gasteiger partial charge in [0.15, 0.2) is 0 Å². The summed E-state index contributed by atoms with van der Waals surface area (Å²) >= 11 is 0. The lowest BCUT2D eigenvalue weighted by Gasteiger charge is -2.08. The van der Waals surface area contributed by atoms with E-state index in [0.717, 1.165) is 13.1 Å². The molecule has 0 bridgehead atoms. The van der Waals surface area contributed by atoms with Crippen molar-refractivity contribution < 1.29 is 0 Å². The van der Waals surface area contributed by atoms with Crippen molar-refractivity contribution in [1.29, 1.82) is 0 Å². The van der Waals surface area contributed by atoms with Gasteiger partial charge in [0.2, 0.25) is 0 Å². The van der Waals surface area contributed by atoms with E-state index in [0.29, 0.717) is 0 Å². The van der Waals surface area contributed by atoms with Crippen LogP contribution in [-0.4, -0.2) is 11.6 Å². The molecule has 0 unspecified atom stereocenters. The summed E-state index contributed by atoms with van der Waals surface area (Å²) in [6.45, 7) is 3.97. The number of nitrogens with one attached hydrogen (secondary N) is 1. The molecule has 3 rings (SSSR count). The van der Waals surface area contributed by atoms with Crippen LogP contribution in [0, 0.1) is 6.92 Å². The largest absolute Gasteiger partial charge is 0.343 e. The lowest BCUT2D eigenvalue weighted by molar-refractivity contribution is 0.812. The van der Waals surface area contributed by atoms with Gasteiger partial charge in [-0.05, 0) is 42.6 Å². The SMILES string of the molecule is CNCc1ccc2ccn(Cc3cccc(C)c3)c2c1. The van der Waals surface area contributed by atoms with Crippen LogP contribution in [0.3, 0.4) is 0 Å². The Bertz CT molecular complexity index is 725. The van der Waals surface area contributed by atoms with E-state index in [2.05, 4.69) is 71.5 Å². The molecule has 0 aliphatic carbocycles. The Kier molecular flexibility index (Phi) is 3.57. The van der Waals surface area contributed by atoms with Crippen LogP contribution in [0.5, 0.6) is 0 Å². The fraction of sp³-hybridized carbons (Fsp3) is 0.222. The van der Waals surface area contributed by atoms with E-state index >= 15 is 0 Å². The normalized spacial score (nSPS) is 11.1. The molecule has 0 radical (unpaired) electrons. The Labute approximate surface area is 120 Å². The van der Waals surface area contributed by atoms with Gasteiger partial charge < -0.3 is 9.88 Å². The minimum atomic E-state index is 0.908. The summed E-state index contributed by atoms with van der Waals surface area (Å²) in [5, 5.41) is 4.51. The fourth-order valence-electron chi connectivity index (χ4n) is 2.69. The molecule has 2 aromatic carbocycles. The number of hydrogen-bond donors (Lipinski definition) is 1. The quantitative estimate of drug-likeness (QED) is 0.760. The van der Waals surface area contributed by atoms with Crippen LogP contribution in [-0.2, 0) is 13.1 Å². The predicted molar refractivity (Wildman–Crippen MR) is 85.0 cm³/mol. The Hall–Kier alpha value is -2.06. The molecule has 0 atom stereocenters. The Morgan fingerprint density at radius 3 is 2.70 bits per heavy atom. The summed E-state index contributed by atoms with van der Waals surface area (Å²) in [6.07, 6.45) is 2.18. The summed E-state index contributed by atoms with van der Waals surface area (Å²) in [6, 6.07) is 17.6. The molecule has 0 aliphatic rings. The van der Waals surface area contributed by atoms with Crippen LogP contribution in [0.25, 0.3) is 10.9 Å². The minimum Gasteiger partial charge on any atom is -0.343 e. The third-order valence-electron chi connectivity index (χ3n) is 3.65. The molecule has 2 nitrogen and oxygen atoms in total. The molecule has 0 spiro atoms. The molecule has 1 N–H and O–H groups in total. The van der Waals surface area contributed by atoms with Crippen molar-refractivity contribution in [1.82, 2.24) is 9.88 Å². The smallest absolute Gasteiger partial charge is 0.0486 e. The summed E-state index contributed by atoms with van der Waals surface area (Å²) in [7, 11) is 1.98. The van der Waals surface area contributed by atoms with Gasteiger partial charge in [-0.1, -0.05) is 42.0 Å². The standard InChI is InChI=1S/C18H20N2/c1-14-4-3-5-16(10-14)13-20-9-8-17-7-6-15(12-19-2)11-18(17)20/h3-11,19H,12-13H2,1-2H3. The highest BCUT2D eigenvalue weighted by Crippen LogP contribution is 2.19. The Morgan fingerprint density at radius 1 is 1.00 bits per heavy atom. The maximum Gasteiger partial charge on any atom is 0.0486 e. The Morgan fingerprint density at radius 2 is 1.90 bits per heavy atom. The maximum atomic E-state index is 3.21. The Balaban J connectivity index is 1.96. The predicted octanol–water partition coefficient (Wildman–Crippen LogP) is 3.72. The minimum absolute atomic E-state index is 0.908.